The number of ether oxygens (including phenoxy) is 1. The highest BCUT2D eigenvalue weighted by atomic mass is 31.2. The van der Waals surface area contributed by atoms with Crippen LogP contribution in [0.5, 0.6) is 0 Å². The van der Waals surface area contributed by atoms with Gasteiger partial charge in [0, 0.05) is 12.8 Å². The Kier molecular flexibility index (Phi) is 63.4. The number of hydrogen-bond acceptors (Lipinski definition) is 6. The SMILES string of the molecule is CCCCC/C=C\C/C=C\C/C=C\CCCCCCCCCCCCC(=O)NC(COP(=O)(O)OCC[N+](C)(C)C)C(/C=C/CCCCCCCCCCC)OC(=O)CCCCCCCCCCCCCCCCCCCCCCCCCCC. The fourth-order valence-electron chi connectivity index (χ4n) is 11.1. The van der Waals surface area contributed by atoms with Crippen molar-refractivity contribution in [3.63, 3.8) is 0 Å². The van der Waals surface area contributed by atoms with Crippen LogP contribution in [-0.2, 0) is 27.9 Å². The molecule has 0 saturated heterocycles. The van der Waals surface area contributed by atoms with Crippen LogP contribution >= 0.6 is 7.82 Å². The third-order valence-corrected chi connectivity index (χ3v) is 17.8. The summed E-state index contributed by atoms with van der Waals surface area (Å²) in [6, 6.07) is -0.849. The molecule has 500 valence electrons. The molecule has 0 radical (unpaired) electrons. The fraction of sp³-hybridized carbons (Fsp3) is 0.867. The molecule has 0 aromatic rings. The van der Waals surface area contributed by atoms with Crippen molar-refractivity contribution < 1.29 is 37.3 Å². The summed E-state index contributed by atoms with van der Waals surface area (Å²) in [4.78, 5) is 37.9. The van der Waals surface area contributed by atoms with Crippen molar-refractivity contribution in [1.82, 2.24) is 5.32 Å². The zero-order valence-electron chi connectivity index (χ0n) is 57.4. The first-order chi connectivity index (χ1) is 41.4. The highest BCUT2D eigenvalue weighted by Crippen LogP contribution is 2.43. The maximum absolute atomic E-state index is 13.6. The highest BCUT2D eigenvalue weighted by molar-refractivity contribution is 7.47. The van der Waals surface area contributed by atoms with Crippen molar-refractivity contribution in [3.05, 3.63) is 48.6 Å². The van der Waals surface area contributed by atoms with E-state index in [-0.39, 0.29) is 25.1 Å². The van der Waals surface area contributed by atoms with Gasteiger partial charge in [-0.3, -0.25) is 18.6 Å². The van der Waals surface area contributed by atoms with Crippen LogP contribution in [0.1, 0.15) is 367 Å². The number of phosphoric acid groups is 1. The van der Waals surface area contributed by atoms with Gasteiger partial charge in [0.1, 0.15) is 19.3 Å². The number of carbonyl (C=O) groups is 2. The average molecular weight is 1220 g/mol. The Bertz CT molecular complexity index is 1590. The van der Waals surface area contributed by atoms with Gasteiger partial charge >= 0.3 is 13.8 Å². The van der Waals surface area contributed by atoms with Crippen molar-refractivity contribution in [1.29, 1.82) is 0 Å². The van der Waals surface area contributed by atoms with E-state index in [2.05, 4.69) is 62.5 Å². The zero-order valence-corrected chi connectivity index (χ0v) is 58.3. The molecule has 0 aliphatic carbocycles. The predicted octanol–water partition coefficient (Wildman–Crippen LogP) is 23.6. The zero-order chi connectivity index (χ0) is 62.1. The number of allylic oxidation sites excluding steroid dienone is 7. The molecular formula is C75H144N2O7P+. The Hall–Kier alpha value is -2.03. The van der Waals surface area contributed by atoms with E-state index in [1.165, 1.54) is 263 Å². The molecule has 0 aromatic carbocycles. The predicted molar refractivity (Wildman–Crippen MR) is 369 cm³/mol. The largest absolute Gasteiger partial charge is 0.472 e. The van der Waals surface area contributed by atoms with Crippen LogP contribution in [-0.4, -0.2) is 74.3 Å². The van der Waals surface area contributed by atoms with E-state index in [1.54, 1.807) is 0 Å². The van der Waals surface area contributed by atoms with Crippen LogP contribution in [0, 0.1) is 0 Å². The Morgan fingerprint density at radius 1 is 0.412 bits per heavy atom. The van der Waals surface area contributed by atoms with E-state index >= 15 is 0 Å². The van der Waals surface area contributed by atoms with E-state index < -0.39 is 20.0 Å². The van der Waals surface area contributed by atoms with Gasteiger partial charge in [-0.25, -0.2) is 4.57 Å². The van der Waals surface area contributed by atoms with Crippen molar-refractivity contribution >= 4 is 19.7 Å². The van der Waals surface area contributed by atoms with E-state index in [0.29, 0.717) is 23.9 Å². The summed E-state index contributed by atoms with van der Waals surface area (Å²) in [5.41, 5.74) is 0. The van der Waals surface area contributed by atoms with Gasteiger partial charge in [0.15, 0.2) is 0 Å². The third-order valence-electron chi connectivity index (χ3n) is 16.8. The lowest BCUT2D eigenvalue weighted by Gasteiger charge is -2.27. The van der Waals surface area contributed by atoms with Gasteiger partial charge in [-0.15, -0.1) is 0 Å². The molecule has 0 saturated carbocycles. The van der Waals surface area contributed by atoms with Gasteiger partial charge in [0.05, 0.1) is 33.8 Å². The topological polar surface area (TPSA) is 111 Å². The first-order valence-electron chi connectivity index (χ1n) is 37.0. The van der Waals surface area contributed by atoms with Crippen LogP contribution in [0.2, 0.25) is 0 Å². The van der Waals surface area contributed by atoms with Crippen molar-refractivity contribution in [2.75, 3.05) is 40.9 Å². The quantitative estimate of drug-likeness (QED) is 0.0205. The maximum Gasteiger partial charge on any atom is 0.472 e. The number of rotatable bonds is 68. The molecule has 9 nitrogen and oxygen atoms in total. The molecule has 0 heterocycles. The number of nitrogens with one attached hydrogen (secondary N) is 1. The molecule has 0 aromatic heterocycles. The summed E-state index contributed by atoms with van der Waals surface area (Å²) < 4.78 is 30.8. The van der Waals surface area contributed by atoms with E-state index in [0.717, 1.165) is 70.6 Å². The van der Waals surface area contributed by atoms with E-state index in [4.69, 9.17) is 13.8 Å². The standard InChI is InChI=1S/C75H143N2O7P/c1-7-10-13-16-19-22-25-27-29-31-33-35-37-38-40-42-44-46-48-50-53-56-59-62-65-68-75(79)84-73(66-63-60-57-54-51-24-21-18-15-12-9-3)72(71-83-85(80,81)82-70-69-77(4,5)6)76-74(78)67-64-61-58-55-52-49-47-45-43-41-39-36-34-32-30-28-26-23-20-17-14-11-8-2/h20,23,28,30,34,36,63,66,72-73H,7-19,21-22,24-27,29,31-33,35,37-62,64-65,67-71H2,1-6H3,(H-,76,78,80,81)/p+1/b23-20-,30-28-,36-34-,66-63+. The molecule has 10 heteroatoms. The van der Waals surface area contributed by atoms with Crippen molar-refractivity contribution in [3.8, 4) is 0 Å². The lowest BCUT2D eigenvalue weighted by atomic mass is 10.0. The second-order valence-electron chi connectivity index (χ2n) is 26.5. The number of carbonyl (C=O) groups excluding carboxylic acids is 2. The van der Waals surface area contributed by atoms with Crippen molar-refractivity contribution in [2.45, 2.75) is 380 Å². The minimum atomic E-state index is -4.45. The molecule has 3 atom stereocenters. The van der Waals surface area contributed by atoms with Gasteiger partial charge in [0.25, 0.3) is 0 Å². The third kappa shape index (κ3) is 66.2. The average Bonchev–Trinajstić information content (AvgIpc) is 3.62. The Balaban J connectivity index is 4.96. The summed E-state index contributed by atoms with van der Waals surface area (Å²) in [5.74, 6) is -0.492. The van der Waals surface area contributed by atoms with Crippen LogP contribution in [0.4, 0.5) is 0 Å². The molecule has 0 rings (SSSR count). The van der Waals surface area contributed by atoms with Gasteiger partial charge in [0.2, 0.25) is 5.91 Å². The van der Waals surface area contributed by atoms with Crippen LogP contribution < -0.4 is 5.32 Å². The molecule has 0 spiro atoms. The molecule has 0 bridgehead atoms. The Labute approximate surface area is 529 Å². The highest BCUT2D eigenvalue weighted by Gasteiger charge is 2.30. The molecule has 1 amide bonds. The first kappa shape index (κ1) is 83.0. The van der Waals surface area contributed by atoms with Gasteiger partial charge in [-0.2, -0.15) is 0 Å². The summed E-state index contributed by atoms with van der Waals surface area (Å²) >= 11 is 0. The second-order valence-corrected chi connectivity index (χ2v) is 27.9. The van der Waals surface area contributed by atoms with E-state index in [1.807, 2.05) is 33.3 Å². The molecule has 3 unspecified atom stereocenters. The molecule has 0 fully saturated rings. The second kappa shape index (κ2) is 64.9. The normalized spacial score (nSPS) is 13.7. The Morgan fingerprint density at radius 2 is 0.718 bits per heavy atom. The number of quaternary nitrogens is 1. The summed E-state index contributed by atoms with van der Waals surface area (Å²) in [6.45, 7) is 7.04. The molecule has 0 aliphatic rings. The summed E-state index contributed by atoms with van der Waals surface area (Å²) in [7, 11) is 1.51. The molecule has 85 heavy (non-hydrogen) atoms. The number of nitrogens with zero attached hydrogens (tertiary/aromatic N) is 1. The number of unbranched alkanes of at least 4 members (excludes halogenated alkanes) is 46. The smallest absolute Gasteiger partial charge is 0.456 e. The number of amides is 1. The van der Waals surface area contributed by atoms with E-state index in [9.17, 15) is 19.0 Å². The van der Waals surface area contributed by atoms with Gasteiger partial charge in [-0.1, -0.05) is 333 Å². The number of hydrogen-bond donors (Lipinski definition) is 2. The van der Waals surface area contributed by atoms with Gasteiger partial charge in [-0.05, 0) is 70.3 Å². The Morgan fingerprint density at radius 3 is 1.09 bits per heavy atom. The lowest BCUT2D eigenvalue weighted by Crippen LogP contribution is -2.47. The van der Waals surface area contributed by atoms with Crippen LogP contribution in [0.3, 0.4) is 0 Å². The molecular weight excluding hydrogens is 1070 g/mol. The monoisotopic (exact) mass is 1220 g/mol. The van der Waals surface area contributed by atoms with Crippen LogP contribution in [0.15, 0.2) is 48.6 Å². The maximum atomic E-state index is 13.6. The fourth-order valence-corrected chi connectivity index (χ4v) is 11.8. The van der Waals surface area contributed by atoms with Gasteiger partial charge < -0.3 is 19.4 Å². The summed E-state index contributed by atoms with van der Waals surface area (Å²) in [6.07, 6.45) is 82.8. The first-order valence-corrected chi connectivity index (χ1v) is 38.5. The molecule has 2 N–H and O–H groups in total. The minimum Gasteiger partial charge on any atom is -0.456 e. The molecule has 0 aliphatic heterocycles. The number of esters is 1. The minimum absolute atomic E-state index is 0.0410. The lowest BCUT2D eigenvalue weighted by molar-refractivity contribution is -0.870. The van der Waals surface area contributed by atoms with Crippen LogP contribution in [0.25, 0.3) is 0 Å². The summed E-state index contributed by atoms with van der Waals surface area (Å²) in [5, 5.41) is 3.07. The van der Waals surface area contributed by atoms with Crippen molar-refractivity contribution in [2.24, 2.45) is 0 Å². The number of phosphoric ester groups is 1. The number of likely N-dealkylation sites (N-methyl/N-ethyl adjacent to an activating group) is 1.